The van der Waals surface area contributed by atoms with Crippen molar-refractivity contribution in [3.8, 4) is 0 Å². The molecule has 1 saturated heterocycles. The van der Waals surface area contributed by atoms with Crippen LogP contribution in [0, 0.1) is 0 Å². The predicted molar refractivity (Wildman–Crippen MR) is 114 cm³/mol. The number of aliphatic hydroxyl groups excluding tert-OH is 1. The summed E-state index contributed by atoms with van der Waals surface area (Å²) in [6.07, 6.45) is 15.3. The van der Waals surface area contributed by atoms with E-state index in [-0.39, 0.29) is 13.0 Å². The molecule has 1 fully saturated rings. The van der Waals surface area contributed by atoms with Gasteiger partial charge in [0.05, 0.1) is 18.8 Å². The number of ether oxygens (including phenoxy) is 2. The number of rotatable bonds is 20. The Morgan fingerprint density at radius 3 is 2.00 bits per heavy atom. The summed E-state index contributed by atoms with van der Waals surface area (Å²) < 4.78 is 25.3. The van der Waals surface area contributed by atoms with E-state index in [9.17, 15) is 14.5 Å². The molecule has 8 nitrogen and oxygen atoms in total. The van der Waals surface area contributed by atoms with Gasteiger partial charge in [-0.05, 0) is 19.3 Å². The van der Waals surface area contributed by atoms with E-state index in [1.165, 1.54) is 44.9 Å². The first kappa shape index (κ1) is 27.5. The highest BCUT2D eigenvalue weighted by molar-refractivity contribution is 7.46. The molecule has 0 radical (unpaired) electrons. The Balaban J connectivity index is 1.84. The number of esters is 1. The van der Waals surface area contributed by atoms with Crippen LogP contribution in [0.4, 0.5) is 0 Å². The van der Waals surface area contributed by atoms with Crippen LogP contribution in [0.15, 0.2) is 0 Å². The van der Waals surface area contributed by atoms with Gasteiger partial charge in [-0.2, -0.15) is 0 Å². The van der Waals surface area contributed by atoms with Crippen molar-refractivity contribution >= 4 is 13.8 Å². The van der Waals surface area contributed by atoms with E-state index in [0.717, 1.165) is 38.5 Å². The third-order valence-corrected chi connectivity index (χ3v) is 5.76. The van der Waals surface area contributed by atoms with Gasteiger partial charge in [0.25, 0.3) is 0 Å². The van der Waals surface area contributed by atoms with E-state index in [0.29, 0.717) is 12.2 Å². The Kier molecular flexibility index (Phi) is 14.8. The van der Waals surface area contributed by atoms with Gasteiger partial charge in [-0.15, -0.1) is 0 Å². The maximum Gasteiger partial charge on any atom is 0.469 e. The molecule has 0 saturated carbocycles. The third-order valence-electron chi connectivity index (χ3n) is 5.27. The minimum absolute atomic E-state index is 0.276. The maximum atomic E-state index is 11.6. The zero-order chi connectivity index (χ0) is 22.2. The summed E-state index contributed by atoms with van der Waals surface area (Å²) >= 11 is 0. The molecule has 30 heavy (non-hydrogen) atoms. The minimum Gasteiger partial charge on any atom is -0.463 e. The Hall–Kier alpha value is -0.500. The molecule has 1 aliphatic heterocycles. The van der Waals surface area contributed by atoms with Gasteiger partial charge >= 0.3 is 13.8 Å². The van der Waals surface area contributed by atoms with Gasteiger partial charge in [-0.1, -0.05) is 71.1 Å². The lowest BCUT2D eigenvalue weighted by Crippen LogP contribution is -2.23. The lowest BCUT2D eigenvalue weighted by atomic mass is 10.0. The van der Waals surface area contributed by atoms with Gasteiger partial charge < -0.3 is 24.4 Å². The molecular formula is C21H41O8P. The summed E-state index contributed by atoms with van der Waals surface area (Å²) in [5.41, 5.74) is 0. The van der Waals surface area contributed by atoms with Crippen LogP contribution in [0.5, 0.6) is 0 Å². The quantitative estimate of drug-likeness (QED) is 0.108. The van der Waals surface area contributed by atoms with Crippen LogP contribution in [0.3, 0.4) is 0 Å². The lowest BCUT2D eigenvalue weighted by Gasteiger charge is -2.12. The van der Waals surface area contributed by atoms with E-state index >= 15 is 0 Å². The van der Waals surface area contributed by atoms with E-state index in [2.05, 4.69) is 11.4 Å². The molecule has 0 bridgehead atoms. The molecule has 0 spiro atoms. The van der Waals surface area contributed by atoms with Crippen molar-refractivity contribution in [1.82, 2.24) is 0 Å². The maximum absolute atomic E-state index is 11.6. The van der Waals surface area contributed by atoms with E-state index in [1.807, 2.05) is 0 Å². The van der Waals surface area contributed by atoms with E-state index in [4.69, 9.17) is 19.3 Å². The van der Waals surface area contributed by atoms with Crippen LogP contribution in [0.1, 0.15) is 96.8 Å². The lowest BCUT2D eigenvalue weighted by molar-refractivity contribution is -0.147. The van der Waals surface area contributed by atoms with Crippen LogP contribution in [0.25, 0.3) is 0 Å². The fourth-order valence-corrected chi connectivity index (χ4v) is 3.82. The number of hydrogen-bond donors (Lipinski definition) is 3. The fourth-order valence-electron chi connectivity index (χ4n) is 3.45. The molecule has 0 aromatic rings. The number of carbonyl (C=O) groups excluding carboxylic acids is 1. The van der Waals surface area contributed by atoms with Crippen molar-refractivity contribution < 1.29 is 38.3 Å². The predicted octanol–water partition coefficient (Wildman–Crippen LogP) is 4.25. The normalized spacial score (nSPS) is 19.6. The largest absolute Gasteiger partial charge is 0.469 e. The number of unbranched alkanes of at least 4 members (excludes halogenated alkanes) is 9. The van der Waals surface area contributed by atoms with E-state index < -0.39 is 26.5 Å². The molecule has 0 amide bonds. The van der Waals surface area contributed by atoms with Crippen molar-refractivity contribution in [2.45, 2.75) is 115 Å². The van der Waals surface area contributed by atoms with Gasteiger partial charge in [0, 0.05) is 6.42 Å². The number of phosphoric acid groups is 1. The summed E-state index contributed by atoms with van der Waals surface area (Å²) in [6.45, 7) is 1.33. The van der Waals surface area contributed by atoms with Gasteiger partial charge in [0.2, 0.25) is 0 Å². The van der Waals surface area contributed by atoms with E-state index in [1.54, 1.807) is 0 Å². The molecule has 3 N–H and O–H groups in total. The van der Waals surface area contributed by atoms with Crippen molar-refractivity contribution in [3.63, 3.8) is 0 Å². The number of hydrogen-bond acceptors (Lipinski definition) is 6. The summed E-state index contributed by atoms with van der Waals surface area (Å²) in [5, 5.41) is 9.43. The zero-order valence-electron chi connectivity index (χ0n) is 18.4. The average Bonchev–Trinajstić information content (AvgIpc) is 3.44. The molecule has 178 valence electrons. The van der Waals surface area contributed by atoms with Crippen LogP contribution in [-0.2, 0) is 23.4 Å². The average molecular weight is 453 g/mol. The van der Waals surface area contributed by atoms with Gasteiger partial charge in [-0.3, -0.25) is 9.32 Å². The van der Waals surface area contributed by atoms with Crippen molar-refractivity contribution in [2.75, 3.05) is 13.2 Å². The summed E-state index contributed by atoms with van der Waals surface area (Å²) in [4.78, 5) is 28.6. The molecule has 0 aliphatic carbocycles. The van der Waals surface area contributed by atoms with Crippen LogP contribution in [-0.4, -0.2) is 52.4 Å². The van der Waals surface area contributed by atoms with Gasteiger partial charge in [-0.25, -0.2) is 4.57 Å². The molecule has 9 heteroatoms. The van der Waals surface area contributed by atoms with Crippen molar-refractivity contribution in [3.05, 3.63) is 0 Å². The number of epoxide rings is 1. The van der Waals surface area contributed by atoms with Gasteiger partial charge in [0.15, 0.2) is 0 Å². The fraction of sp³-hybridized carbons (Fsp3) is 0.952. The topological polar surface area (TPSA) is 126 Å². The molecule has 2 unspecified atom stereocenters. The monoisotopic (exact) mass is 452 g/mol. The zero-order valence-corrected chi connectivity index (χ0v) is 19.3. The highest BCUT2D eigenvalue weighted by Crippen LogP contribution is 2.35. The van der Waals surface area contributed by atoms with Gasteiger partial charge in [0.1, 0.15) is 12.7 Å². The first-order chi connectivity index (χ1) is 14.3. The molecule has 1 heterocycles. The van der Waals surface area contributed by atoms with Crippen LogP contribution in [0.2, 0.25) is 0 Å². The summed E-state index contributed by atoms with van der Waals surface area (Å²) in [5.74, 6) is -0.422. The summed E-state index contributed by atoms with van der Waals surface area (Å²) in [7, 11) is -4.62. The molecular weight excluding hydrogens is 411 g/mol. The number of carbonyl (C=O) groups is 1. The SMILES string of the molecule is CCCCCCCCC1OC1CCCCCCCC(=O)OC[C@H](O)COP(=O)(O)O. The van der Waals surface area contributed by atoms with Crippen molar-refractivity contribution in [1.29, 1.82) is 0 Å². The summed E-state index contributed by atoms with van der Waals surface area (Å²) in [6, 6.07) is 0. The van der Waals surface area contributed by atoms with Crippen LogP contribution >= 0.6 is 7.82 Å². The Bertz CT molecular complexity index is 495. The number of aliphatic hydroxyl groups is 1. The third kappa shape index (κ3) is 16.2. The first-order valence-electron chi connectivity index (χ1n) is 11.5. The molecule has 0 aromatic heterocycles. The Morgan fingerprint density at radius 1 is 0.900 bits per heavy atom. The smallest absolute Gasteiger partial charge is 0.463 e. The number of phosphoric ester groups is 1. The molecule has 1 aliphatic rings. The van der Waals surface area contributed by atoms with Crippen molar-refractivity contribution in [2.24, 2.45) is 0 Å². The Labute approximate surface area is 180 Å². The minimum atomic E-state index is -4.62. The molecule has 3 atom stereocenters. The second kappa shape index (κ2) is 16.2. The van der Waals surface area contributed by atoms with Crippen LogP contribution < -0.4 is 0 Å². The second-order valence-electron chi connectivity index (χ2n) is 8.20. The molecule has 0 aromatic carbocycles. The highest BCUT2D eigenvalue weighted by Gasteiger charge is 2.36. The second-order valence-corrected chi connectivity index (χ2v) is 9.44. The highest BCUT2D eigenvalue weighted by atomic mass is 31.2. The molecule has 1 rings (SSSR count). The standard InChI is InChI=1S/C21H41O8P/c1-2-3-4-5-7-10-13-19-20(29-19)14-11-8-6-9-12-15-21(23)27-16-18(22)17-28-30(24,25)26/h18-20,22H,2-17H2,1H3,(H2,24,25,26)/t18-,19?,20?/m0/s1. The first-order valence-corrected chi connectivity index (χ1v) is 13.0. The Morgan fingerprint density at radius 2 is 1.43 bits per heavy atom.